The summed E-state index contributed by atoms with van der Waals surface area (Å²) in [5.74, 6) is -0.116. The zero-order chi connectivity index (χ0) is 11.8. The highest BCUT2D eigenvalue weighted by Crippen LogP contribution is 2.18. The molecule has 0 spiro atoms. The minimum atomic E-state index is -0.289. The SMILES string of the molecule is CCCCCCCC[C@H]1OC(=O)C[C@@H](C)O1. The van der Waals surface area contributed by atoms with Crippen molar-refractivity contribution in [3.05, 3.63) is 0 Å². The number of cyclic esters (lactones) is 1. The molecule has 94 valence electrons. The minimum Gasteiger partial charge on any atom is -0.436 e. The van der Waals surface area contributed by atoms with Gasteiger partial charge >= 0.3 is 5.97 Å². The standard InChI is InChI=1S/C13H24O3/c1-3-4-5-6-7-8-9-13-15-11(2)10-12(14)16-13/h11,13H,3-10H2,1-2H3/t11-,13-/m1/s1. The van der Waals surface area contributed by atoms with Gasteiger partial charge in [0.05, 0.1) is 12.5 Å². The molecule has 1 aliphatic rings. The minimum absolute atomic E-state index is 0.0198. The molecule has 0 radical (unpaired) electrons. The van der Waals surface area contributed by atoms with Gasteiger partial charge in [-0.05, 0) is 13.3 Å². The molecule has 0 bridgehead atoms. The van der Waals surface area contributed by atoms with Crippen LogP contribution in [0.25, 0.3) is 0 Å². The maximum Gasteiger partial charge on any atom is 0.310 e. The number of esters is 1. The first-order valence-corrected chi connectivity index (χ1v) is 6.57. The Balaban J connectivity index is 2.01. The molecule has 0 unspecified atom stereocenters. The van der Waals surface area contributed by atoms with Gasteiger partial charge in [-0.15, -0.1) is 0 Å². The molecule has 0 N–H and O–H groups in total. The summed E-state index contributed by atoms with van der Waals surface area (Å²) >= 11 is 0. The average Bonchev–Trinajstić information content (AvgIpc) is 2.22. The van der Waals surface area contributed by atoms with Gasteiger partial charge in [-0.25, -0.2) is 0 Å². The first-order valence-electron chi connectivity index (χ1n) is 6.57. The van der Waals surface area contributed by atoms with Crippen molar-refractivity contribution in [1.29, 1.82) is 0 Å². The summed E-state index contributed by atoms with van der Waals surface area (Å²) in [6.45, 7) is 4.14. The Labute approximate surface area is 98.5 Å². The van der Waals surface area contributed by atoms with E-state index in [1.807, 2.05) is 6.92 Å². The van der Waals surface area contributed by atoms with Crippen molar-refractivity contribution in [2.24, 2.45) is 0 Å². The average molecular weight is 228 g/mol. The fourth-order valence-corrected chi connectivity index (χ4v) is 1.98. The van der Waals surface area contributed by atoms with Crippen molar-refractivity contribution in [2.75, 3.05) is 0 Å². The summed E-state index contributed by atoms with van der Waals surface area (Å²) in [5, 5.41) is 0. The van der Waals surface area contributed by atoms with Gasteiger partial charge in [0.1, 0.15) is 0 Å². The molecule has 16 heavy (non-hydrogen) atoms. The van der Waals surface area contributed by atoms with E-state index in [0.717, 1.165) is 12.8 Å². The molecule has 0 saturated carbocycles. The Morgan fingerprint density at radius 3 is 2.56 bits per heavy atom. The first kappa shape index (κ1) is 13.5. The van der Waals surface area contributed by atoms with E-state index in [1.165, 1.54) is 32.1 Å². The Bertz CT molecular complexity index is 203. The third-order valence-electron chi connectivity index (χ3n) is 2.89. The number of rotatable bonds is 7. The molecule has 3 nitrogen and oxygen atoms in total. The van der Waals surface area contributed by atoms with E-state index < -0.39 is 0 Å². The van der Waals surface area contributed by atoms with Crippen LogP contribution in [-0.2, 0) is 14.3 Å². The summed E-state index contributed by atoms with van der Waals surface area (Å²) in [7, 11) is 0. The molecule has 1 saturated heterocycles. The van der Waals surface area contributed by atoms with Crippen LogP contribution in [0.15, 0.2) is 0 Å². The highest BCUT2D eigenvalue weighted by Gasteiger charge is 2.25. The topological polar surface area (TPSA) is 35.5 Å². The third kappa shape index (κ3) is 5.50. The molecular weight excluding hydrogens is 204 g/mol. The van der Waals surface area contributed by atoms with Crippen LogP contribution >= 0.6 is 0 Å². The van der Waals surface area contributed by atoms with Gasteiger partial charge < -0.3 is 9.47 Å². The molecule has 1 fully saturated rings. The Hall–Kier alpha value is -0.570. The molecule has 0 aliphatic carbocycles. The van der Waals surface area contributed by atoms with Gasteiger partial charge in [0.15, 0.2) is 0 Å². The quantitative estimate of drug-likeness (QED) is 0.495. The molecule has 0 aromatic carbocycles. The lowest BCUT2D eigenvalue weighted by Crippen LogP contribution is -2.33. The van der Waals surface area contributed by atoms with Crippen molar-refractivity contribution in [2.45, 2.75) is 77.6 Å². The Morgan fingerprint density at radius 2 is 1.88 bits per heavy atom. The summed E-state index contributed by atoms with van der Waals surface area (Å²) in [6, 6.07) is 0. The van der Waals surface area contributed by atoms with E-state index in [1.54, 1.807) is 0 Å². The number of carbonyl (C=O) groups is 1. The number of hydrogen-bond acceptors (Lipinski definition) is 3. The van der Waals surface area contributed by atoms with Crippen LogP contribution in [0.2, 0.25) is 0 Å². The zero-order valence-corrected chi connectivity index (χ0v) is 10.5. The molecule has 3 heteroatoms. The van der Waals surface area contributed by atoms with Crippen LogP contribution in [0.4, 0.5) is 0 Å². The molecule has 1 heterocycles. The number of unbranched alkanes of at least 4 members (excludes halogenated alkanes) is 5. The fourth-order valence-electron chi connectivity index (χ4n) is 1.98. The van der Waals surface area contributed by atoms with Crippen LogP contribution in [0, 0.1) is 0 Å². The van der Waals surface area contributed by atoms with Gasteiger partial charge in [0.2, 0.25) is 6.29 Å². The van der Waals surface area contributed by atoms with E-state index in [9.17, 15) is 4.79 Å². The third-order valence-corrected chi connectivity index (χ3v) is 2.89. The van der Waals surface area contributed by atoms with E-state index in [2.05, 4.69) is 6.92 Å². The molecule has 0 aromatic rings. The Morgan fingerprint density at radius 1 is 1.19 bits per heavy atom. The Kier molecular flexibility index (Phi) is 6.46. The van der Waals surface area contributed by atoms with Crippen LogP contribution in [0.5, 0.6) is 0 Å². The summed E-state index contributed by atoms with van der Waals surface area (Å²) < 4.78 is 10.7. The van der Waals surface area contributed by atoms with Gasteiger partial charge in [-0.1, -0.05) is 39.0 Å². The highest BCUT2D eigenvalue weighted by atomic mass is 16.7. The van der Waals surface area contributed by atoms with E-state index >= 15 is 0 Å². The van der Waals surface area contributed by atoms with Gasteiger partial charge in [-0.3, -0.25) is 4.79 Å². The molecular formula is C13H24O3. The zero-order valence-electron chi connectivity index (χ0n) is 10.5. The van der Waals surface area contributed by atoms with Crippen LogP contribution in [0.3, 0.4) is 0 Å². The molecule has 1 rings (SSSR count). The normalized spacial score (nSPS) is 25.5. The summed E-state index contributed by atoms with van der Waals surface area (Å²) in [5.41, 5.74) is 0. The van der Waals surface area contributed by atoms with Crippen molar-refractivity contribution < 1.29 is 14.3 Å². The summed E-state index contributed by atoms with van der Waals surface area (Å²) in [6.07, 6.45) is 8.48. The number of carbonyl (C=O) groups excluding carboxylic acids is 1. The van der Waals surface area contributed by atoms with Crippen molar-refractivity contribution in [1.82, 2.24) is 0 Å². The second-order valence-corrected chi connectivity index (χ2v) is 4.63. The summed E-state index contributed by atoms with van der Waals surface area (Å²) in [4.78, 5) is 11.2. The lowest BCUT2D eigenvalue weighted by atomic mass is 10.1. The highest BCUT2D eigenvalue weighted by molar-refractivity contribution is 5.70. The van der Waals surface area contributed by atoms with Crippen molar-refractivity contribution in [3.8, 4) is 0 Å². The second kappa shape index (κ2) is 7.66. The lowest BCUT2D eigenvalue weighted by molar-refractivity contribution is -0.214. The molecule has 2 atom stereocenters. The van der Waals surface area contributed by atoms with Gasteiger partial charge in [0.25, 0.3) is 0 Å². The number of ether oxygens (including phenoxy) is 2. The predicted octanol–water partition coefficient (Wildman–Crippen LogP) is 3.42. The van der Waals surface area contributed by atoms with Crippen molar-refractivity contribution in [3.63, 3.8) is 0 Å². The van der Waals surface area contributed by atoms with E-state index in [-0.39, 0.29) is 18.4 Å². The smallest absolute Gasteiger partial charge is 0.310 e. The molecule has 0 aromatic heterocycles. The van der Waals surface area contributed by atoms with Gasteiger partial charge in [0, 0.05) is 6.42 Å². The lowest BCUT2D eigenvalue weighted by Gasteiger charge is -2.27. The second-order valence-electron chi connectivity index (χ2n) is 4.63. The van der Waals surface area contributed by atoms with Crippen LogP contribution < -0.4 is 0 Å². The maximum atomic E-state index is 11.2. The van der Waals surface area contributed by atoms with Crippen LogP contribution in [-0.4, -0.2) is 18.4 Å². The van der Waals surface area contributed by atoms with E-state index in [4.69, 9.17) is 9.47 Å². The predicted molar refractivity (Wildman–Crippen MR) is 63.0 cm³/mol. The monoisotopic (exact) mass is 228 g/mol. The van der Waals surface area contributed by atoms with E-state index in [0.29, 0.717) is 6.42 Å². The molecule has 0 amide bonds. The molecule has 1 aliphatic heterocycles. The fraction of sp³-hybridized carbons (Fsp3) is 0.923. The number of hydrogen-bond donors (Lipinski definition) is 0. The van der Waals surface area contributed by atoms with Crippen LogP contribution in [0.1, 0.15) is 65.2 Å². The maximum absolute atomic E-state index is 11.2. The largest absolute Gasteiger partial charge is 0.436 e. The first-order chi connectivity index (χ1) is 7.72. The van der Waals surface area contributed by atoms with Crippen molar-refractivity contribution >= 4 is 5.97 Å². The van der Waals surface area contributed by atoms with Gasteiger partial charge in [-0.2, -0.15) is 0 Å².